The third-order valence-corrected chi connectivity index (χ3v) is 7.02. The smallest absolute Gasteiger partial charge is 0.234 e. The van der Waals surface area contributed by atoms with Gasteiger partial charge in [-0.2, -0.15) is 0 Å². The first kappa shape index (κ1) is 21.9. The molecular formula is C26H33N5O2. The second kappa shape index (κ2) is 9.51. The summed E-state index contributed by atoms with van der Waals surface area (Å²) in [4.78, 5) is 23.5. The summed E-state index contributed by atoms with van der Waals surface area (Å²) < 4.78 is 8.66. The highest BCUT2D eigenvalue weighted by Crippen LogP contribution is 2.32. The zero-order valence-electron chi connectivity index (χ0n) is 19.6. The van der Waals surface area contributed by atoms with Gasteiger partial charge in [-0.05, 0) is 56.6 Å². The van der Waals surface area contributed by atoms with Gasteiger partial charge in [0.2, 0.25) is 11.8 Å². The van der Waals surface area contributed by atoms with Crippen molar-refractivity contribution in [2.75, 3.05) is 26.2 Å². The molecule has 2 fully saturated rings. The van der Waals surface area contributed by atoms with Crippen molar-refractivity contribution in [3.05, 3.63) is 53.5 Å². The van der Waals surface area contributed by atoms with Crippen molar-refractivity contribution in [1.82, 2.24) is 24.8 Å². The number of hydrogen-bond acceptors (Lipinski definition) is 5. The Kier molecular flexibility index (Phi) is 6.31. The molecule has 1 N–H and O–H groups in total. The lowest BCUT2D eigenvalue weighted by molar-refractivity contribution is -0.122. The van der Waals surface area contributed by atoms with Crippen LogP contribution >= 0.6 is 0 Å². The number of likely N-dealkylation sites (tertiary alicyclic amines) is 1. The Morgan fingerprint density at radius 3 is 2.58 bits per heavy atom. The van der Waals surface area contributed by atoms with E-state index < -0.39 is 0 Å². The van der Waals surface area contributed by atoms with E-state index in [1.807, 2.05) is 6.07 Å². The number of rotatable bonds is 8. The average Bonchev–Trinajstić information content (AvgIpc) is 3.63. The standard InChI is InChI=1S/C26H33N5O2/c1-18-19(2)31(15-21-6-4-3-5-7-21)25-24(18)26(29-17-28-25)33-22-10-12-30(13-11-22)16-23(32)27-14-20-8-9-20/h3-7,17,20,22H,8-16H2,1-2H3,(H,27,32). The van der Waals surface area contributed by atoms with Crippen LogP contribution in [0.15, 0.2) is 36.7 Å². The van der Waals surface area contributed by atoms with Gasteiger partial charge in [-0.25, -0.2) is 9.97 Å². The highest BCUT2D eigenvalue weighted by atomic mass is 16.5. The number of piperidine rings is 1. The molecule has 7 nitrogen and oxygen atoms in total. The Balaban J connectivity index is 1.24. The van der Waals surface area contributed by atoms with E-state index in [1.54, 1.807) is 6.33 Å². The largest absolute Gasteiger partial charge is 0.474 e. The second-order valence-corrected chi connectivity index (χ2v) is 9.50. The molecule has 1 aliphatic carbocycles. The summed E-state index contributed by atoms with van der Waals surface area (Å²) in [6.45, 7) is 8.08. The predicted molar refractivity (Wildman–Crippen MR) is 128 cm³/mol. The number of fused-ring (bicyclic) bond motifs is 1. The number of nitrogens with one attached hydrogen (secondary N) is 1. The third-order valence-electron chi connectivity index (χ3n) is 7.02. The lowest BCUT2D eigenvalue weighted by atomic mass is 10.1. The molecule has 0 atom stereocenters. The minimum atomic E-state index is 0.103. The van der Waals surface area contributed by atoms with Crippen molar-refractivity contribution >= 4 is 16.9 Å². The van der Waals surface area contributed by atoms with Crippen LogP contribution in [0.4, 0.5) is 0 Å². The maximum absolute atomic E-state index is 12.2. The molecule has 7 heteroatoms. The van der Waals surface area contributed by atoms with E-state index in [2.05, 4.69) is 62.9 Å². The second-order valence-electron chi connectivity index (χ2n) is 9.50. The SMILES string of the molecule is Cc1c(C)n(Cc2ccccc2)c2ncnc(OC3CCN(CC(=O)NCC4CC4)CC3)c12. The Bertz CT molecular complexity index is 1110. The van der Waals surface area contributed by atoms with Gasteiger partial charge in [0.1, 0.15) is 18.1 Å². The molecule has 33 heavy (non-hydrogen) atoms. The molecule has 1 saturated heterocycles. The van der Waals surface area contributed by atoms with Gasteiger partial charge < -0.3 is 14.6 Å². The Morgan fingerprint density at radius 1 is 1.09 bits per heavy atom. The van der Waals surface area contributed by atoms with Crippen molar-refractivity contribution in [3.8, 4) is 5.88 Å². The van der Waals surface area contributed by atoms with Crippen LogP contribution in [0.3, 0.4) is 0 Å². The van der Waals surface area contributed by atoms with E-state index in [0.717, 1.165) is 50.1 Å². The lowest BCUT2D eigenvalue weighted by Gasteiger charge is -2.31. The maximum atomic E-state index is 12.2. The van der Waals surface area contributed by atoms with E-state index in [0.29, 0.717) is 18.3 Å². The van der Waals surface area contributed by atoms with Crippen molar-refractivity contribution in [1.29, 1.82) is 0 Å². The molecule has 3 aromatic rings. The minimum absolute atomic E-state index is 0.103. The molecule has 0 spiro atoms. The molecule has 5 rings (SSSR count). The third kappa shape index (κ3) is 5.03. The van der Waals surface area contributed by atoms with Gasteiger partial charge in [-0.15, -0.1) is 0 Å². The molecule has 0 bridgehead atoms. The number of benzene rings is 1. The van der Waals surface area contributed by atoms with Gasteiger partial charge in [0.15, 0.2) is 0 Å². The topological polar surface area (TPSA) is 72.3 Å². The van der Waals surface area contributed by atoms with Gasteiger partial charge >= 0.3 is 0 Å². The monoisotopic (exact) mass is 447 g/mol. The van der Waals surface area contributed by atoms with Crippen LogP contribution in [-0.2, 0) is 11.3 Å². The molecule has 1 saturated carbocycles. The maximum Gasteiger partial charge on any atom is 0.234 e. The van der Waals surface area contributed by atoms with E-state index in [4.69, 9.17) is 4.74 Å². The van der Waals surface area contributed by atoms with Crippen molar-refractivity contribution in [2.24, 2.45) is 5.92 Å². The van der Waals surface area contributed by atoms with E-state index in [-0.39, 0.29) is 12.0 Å². The lowest BCUT2D eigenvalue weighted by Crippen LogP contribution is -2.44. The molecular weight excluding hydrogens is 414 g/mol. The number of carbonyl (C=O) groups is 1. The zero-order valence-corrected chi connectivity index (χ0v) is 19.6. The molecule has 1 aliphatic heterocycles. The van der Waals surface area contributed by atoms with Crippen LogP contribution in [-0.4, -0.2) is 57.6 Å². The van der Waals surface area contributed by atoms with E-state index in [1.165, 1.54) is 29.7 Å². The quantitative estimate of drug-likeness (QED) is 0.573. The highest BCUT2D eigenvalue weighted by molar-refractivity contribution is 5.86. The summed E-state index contributed by atoms with van der Waals surface area (Å²) in [6, 6.07) is 10.4. The molecule has 0 radical (unpaired) electrons. The number of ether oxygens (including phenoxy) is 1. The predicted octanol–water partition coefficient (Wildman–Crippen LogP) is 3.47. The van der Waals surface area contributed by atoms with Gasteiger partial charge in [0, 0.05) is 31.9 Å². The van der Waals surface area contributed by atoms with Gasteiger partial charge in [-0.3, -0.25) is 9.69 Å². The molecule has 2 aliphatic rings. The number of nitrogens with zero attached hydrogens (tertiary/aromatic N) is 4. The Morgan fingerprint density at radius 2 is 1.85 bits per heavy atom. The van der Waals surface area contributed by atoms with Crippen molar-refractivity contribution in [3.63, 3.8) is 0 Å². The highest BCUT2D eigenvalue weighted by Gasteiger charge is 2.26. The zero-order chi connectivity index (χ0) is 22.8. The summed E-state index contributed by atoms with van der Waals surface area (Å²) in [5, 5.41) is 4.07. The fourth-order valence-corrected chi connectivity index (χ4v) is 4.67. The van der Waals surface area contributed by atoms with Crippen LogP contribution in [0.5, 0.6) is 5.88 Å². The number of hydrogen-bond donors (Lipinski definition) is 1. The molecule has 0 unspecified atom stereocenters. The first-order valence-corrected chi connectivity index (χ1v) is 12.1. The number of aromatic nitrogens is 3. The number of aryl methyl sites for hydroxylation is 1. The van der Waals surface area contributed by atoms with Gasteiger partial charge in [-0.1, -0.05) is 30.3 Å². The van der Waals surface area contributed by atoms with Crippen LogP contribution in [0.2, 0.25) is 0 Å². The molecule has 174 valence electrons. The molecule has 1 amide bonds. The molecule has 2 aromatic heterocycles. The average molecular weight is 448 g/mol. The summed E-state index contributed by atoms with van der Waals surface area (Å²) >= 11 is 0. The van der Waals surface area contributed by atoms with Gasteiger partial charge in [0.25, 0.3) is 0 Å². The van der Waals surface area contributed by atoms with Gasteiger partial charge in [0.05, 0.1) is 11.9 Å². The number of amides is 1. The van der Waals surface area contributed by atoms with E-state index >= 15 is 0 Å². The van der Waals surface area contributed by atoms with Crippen molar-refractivity contribution in [2.45, 2.75) is 52.2 Å². The van der Waals surface area contributed by atoms with Crippen LogP contribution in [0, 0.1) is 19.8 Å². The molecule has 3 heterocycles. The van der Waals surface area contributed by atoms with Crippen molar-refractivity contribution < 1.29 is 9.53 Å². The molecule has 1 aromatic carbocycles. The minimum Gasteiger partial charge on any atom is -0.474 e. The first-order valence-electron chi connectivity index (χ1n) is 12.1. The Labute approximate surface area is 195 Å². The Hall–Kier alpha value is -2.93. The van der Waals surface area contributed by atoms with Crippen LogP contribution < -0.4 is 10.1 Å². The summed E-state index contributed by atoms with van der Waals surface area (Å²) in [5.74, 6) is 1.53. The van der Waals surface area contributed by atoms with E-state index in [9.17, 15) is 4.79 Å². The summed E-state index contributed by atoms with van der Waals surface area (Å²) in [6.07, 6.45) is 6.01. The first-order chi connectivity index (χ1) is 16.1. The number of carbonyl (C=O) groups excluding carboxylic acids is 1. The fraction of sp³-hybridized carbons (Fsp3) is 0.500. The normalized spacial score (nSPS) is 17.4. The van der Waals surface area contributed by atoms with Crippen LogP contribution in [0.1, 0.15) is 42.5 Å². The summed E-state index contributed by atoms with van der Waals surface area (Å²) in [5.41, 5.74) is 4.52. The fourth-order valence-electron chi connectivity index (χ4n) is 4.67. The summed E-state index contributed by atoms with van der Waals surface area (Å²) in [7, 11) is 0. The van der Waals surface area contributed by atoms with Crippen LogP contribution in [0.25, 0.3) is 11.0 Å².